The van der Waals surface area contributed by atoms with E-state index in [2.05, 4.69) is 18.4 Å². The summed E-state index contributed by atoms with van der Waals surface area (Å²) in [5, 5.41) is 0. The van der Waals surface area contributed by atoms with Gasteiger partial charge in [-0.05, 0) is 19.5 Å². The van der Waals surface area contributed by atoms with Gasteiger partial charge in [-0.25, -0.2) is 0 Å². The topological polar surface area (TPSA) is 20.2 Å². The van der Waals surface area contributed by atoms with Crippen LogP contribution < -0.4 is 0 Å². The first-order valence-electron chi connectivity index (χ1n) is 3.78. The van der Waals surface area contributed by atoms with Gasteiger partial charge in [0.05, 0.1) is 0 Å². The van der Waals surface area contributed by atoms with Crippen LogP contribution in [-0.4, -0.2) is 13.1 Å². The third kappa shape index (κ3) is 7.74. The van der Waals surface area contributed by atoms with Gasteiger partial charge in [-0.2, -0.15) is 0 Å². The molecule has 0 bridgehead atoms. The van der Waals surface area contributed by atoms with Crippen LogP contribution in [-0.2, 0) is 0 Å². The second kappa shape index (κ2) is 4.54. The highest BCUT2D eigenvalue weighted by Gasteiger charge is 2.10. The van der Waals surface area contributed by atoms with Gasteiger partial charge in [-0.3, -0.25) is 0 Å². The Labute approximate surface area is 64.6 Å². The fraction of sp³-hybridized carbons (Fsp3) is 0.750. The van der Waals surface area contributed by atoms with Crippen molar-refractivity contribution in [1.82, 2.24) is 0 Å². The number of hydrogen-bond acceptors (Lipinski definition) is 1. The maximum absolute atomic E-state index is 9.28. The normalized spacial score (nSPS) is 10.4. The van der Waals surface area contributed by atoms with Crippen molar-refractivity contribution in [3.63, 3.8) is 0 Å². The van der Waals surface area contributed by atoms with Gasteiger partial charge in [0.2, 0.25) is 0 Å². The highest BCUT2D eigenvalue weighted by atomic mass is 28.4. The molecule has 0 aliphatic heterocycles. The summed E-state index contributed by atoms with van der Waals surface area (Å²) in [6, 6.07) is 0. The molecule has 0 aromatic carbocycles. The minimum absolute atomic E-state index is 0.938. The second-order valence-electron chi connectivity index (χ2n) is 2.96. The molecule has 0 spiro atoms. The molecule has 0 heterocycles. The monoisotopic (exact) mass is 156 g/mol. The first kappa shape index (κ1) is 9.74. The van der Waals surface area contributed by atoms with E-state index >= 15 is 0 Å². The molecule has 2 heteroatoms. The number of unbranched alkanes of at least 4 members (excludes halogenated alkanes) is 2. The molecule has 0 saturated carbocycles. The summed E-state index contributed by atoms with van der Waals surface area (Å²) in [6.07, 6.45) is 3.27. The Hall–Kier alpha value is -0.263. The fourth-order valence-corrected chi connectivity index (χ4v) is 1.10. The highest BCUT2D eigenvalue weighted by molar-refractivity contribution is 6.78. The van der Waals surface area contributed by atoms with Crippen molar-refractivity contribution >= 4 is 8.32 Å². The molecule has 0 radical (unpaired) electrons. The van der Waals surface area contributed by atoms with E-state index in [0.717, 1.165) is 12.8 Å². The number of hydrogen-bond donors (Lipinski definition) is 1. The average molecular weight is 156 g/mol. The van der Waals surface area contributed by atoms with Gasteiger partial charge in [0.15, 0.2) is 0 Å². The third-order valence-corrected chi connectivity index (χ3v) is 1.84. The van der Waals surface area contributed by atoms with Crippen molar-refractivity contribution in [3.8, 4) is 11.5 Å². The van der Waals surface area contributed by atoms with Crippen molar-refractivity contribution < 1.29 is 4.80 Å². The lowest BCUT2D eigenvalue weighted by Gasteiger charge is -2.01. The van der Waals surface area contributed by atoms with E-state index in [4.69, 9.17) is 0 Å². The van der Waals surface area contributed by atoms with Crippen LogP contribution in [0.2, 0.25) is 13.1 Å². The lowest BCUT2D eigenvalue weighted by atomic mass is 10.3. The van der Waals surface area contributed by atoms with E-state index in [1.807, 2.05) is 13.1 Å². The summed E-state index contributed by atoms with van der Waals surface area (Å²) >= 11 is 0. The Balaban J connectivity index is 3.50. The molecule has 1 N–H and O–H groups in total. The zero-order chi connectivity index (χ0) is 8.04. The van der Waals surface area contributed by atoms with Gasteiger partial charge in [0.1, 0.15) is 0 Å². The molecular formula is C8H16OSi. The van der Waals surface area contributed by atoms with Crippen LogP contribution in [0.5, 0.6) is 0 Å². The molecule has 0 saturated heterocycles. The average Bonchev–Trinajstić information content (AvgIpc) is 1.78. The van der Waals surface area contributed by atoms with E-state index < -0.39 is 8.32 Å². The summed E-state index contributed by atoms with van der Waals surface area (Å²) < 4.78 is 0. The zero-order valence-corrected chi connectivity index (χ0v) is 8.07. The van der Waals surface area contributed by atoms with Crippen molar-refractivity contribution in [3.05, 3.63) is 0 Å². The van der Waals surface area contributed by atoms with Gasteiger partial charge in [0, 0.05) is 6.42 Å². The smallest absolute Gasteiger partial charge is 0.263 e. The molecule has 0 amide bonds. The molecule has 0 aliphatic rings. The predicted molar refractivity (Wildman–Crippen MR) is 47.0 cm³/mol. The Morgan fingerprint density at radius 1 is 1.40 bits per heavy atom. The van der Waals surface area contributed by atoms with E-state index in [9.17, 15) is 4.80 Å². The summed E-state index contributed by atoms with van der Waals surface area (Å²) in [6.45, 7) is 5.82. The van der Waals surface area contributed by atoms with Crippen LogP contribution in [0.3, 0.4) is 0 Å². The Bertz CT molecular complexity index is 136. The standard InChI is InChI=1S/C8H16OSi/c1-4-5-6-7-8-10(2,3)9/h9H,4-6H2,1-3H3. The van der Waals surface area contributed by atoms with E-state index in [1.165, 1.54) is 6.42 Å². The van der Waals surface area contributed by atoms with Gasteiger partial charge in [-0.1, -0.05) is 18.9 Å². The van der Waals surface area contributed by atoms with E-state index in [1.54, 1.807) is 0 Å². The summed E-state index contributed by atoms with van der Waals surface area (Å²) in [5.74, 6) is 2.99. The number of rotatable bonds is 2. The maximum Gasteiger partial charge on any atom is 0.263 e. The minimum Gasteiger partial charge on any atom is -0.422 e. The Morgan fingerprint density at radius 3 is 2.40 bits per heavy atom. The summed E-state index contributed by atoms with van der Waals surface area (Å²) in [5.41, 5.74) is 2.90. The van der Waals surface area contributed by atoms with Crippen LogP contribution in [0.1, 0.15) is 26.2 Å². The molecule has 10 heavy (non-hydrogen) atoms. The minimum atomic E-state index is -2.07. The van der Waals surface area contributed by atoms with E-state index in [-0.39, 0.29) is 0 Å². The molecule has 1 nitrogen and oxygen atoms in total. The molecule has 0 aliphatic carbocycles. The van der Waals surface area contributed by atoms with Gasteiger partial charge >= 0.3 is 0 Å². The first-order valence-corrected chi connectivity index (χ1v) is 6.73. The Kier molecular flexibility index (Phi) is 4.42. The fourth-order valence-electron chi connectivity index (χ4n) is 0.544. The van der Waals surface area contributed by atoms with Crippen LogP contribution in [0, 0.1) is 11.5 Å². The molecule has 0 fully saturated rings. The second-order valence-corrected chi connectivity index (χ2v) is 6.33. The molecule has 0 rings (SSSR count). The van der Waals surface area contributed by atoms with Crippen molar-refractivity contribution in [2.75, 3.05) is 0 Å². The third-order valence-electron chi connectivity index (χ3n) is 1.05. The molecule has 0 aromatic heterocycles. The van der Waals surface area contributed by atoms with Crippen molar-refractivity contribution in [2.24, 2.45) is 0 Å². The largest absolute Gasteiger partial charge is 0.422 e. The Morgan fingerprint density at radius 2 is 2.00 bits per heavy atom. The van der Waals surface area contributed by atoms with Gasteiger partial charge < -0.3 is 4.80 Å². The van der Waals surface area contributed by atoms with E-state index in [0.29, 0.717) is 0 Å². The van der Waals surface area contributed by atoms with Gasteiger partial charge in [0.25, 0.3) is 8.32 Å². The quantitative estimate of drug-likeness (QED) is 0.368. The predicted octanol–water partition coefficient (Wildman–Crippen LogP) is 1.92. The first-order chi connectivity index (χ1) is 4.56. The van der Waals surface area contributed by atoms with Crippen LogP contribution in [0.25, 0.3) is 0 Å². The maximum atomic E-state index is 9.28. The zero-order valence-electron chi connectivity index (χ0n) is 7.07. The van der Waals surface area contributed by atoms with Crippen molar-refractivity contribution in [1.29, 1.82) is 0 Å². The lowest BCUT2D eigenvalue weighted by molar-refractivity contribution is 0.570. The summed E-state index contributed by atoms with van der Waals surface area (Å²) in [4.78, 5) is 9.28. The van der Waals surface area contributed by atoms with Crippen molar-refractivity contribution in [2.45, 2.75) is 39.3 Å². The van der Waals surface area contributed by atoms with Crippen LogP contribution >= 0.6 is 0 Å². The summed E-state index contributed by atoms with van der Waals surface area (Å²) in [7, 11) is -2.07. The SMILES string of the molecule is CCCCC#C[Si](C)(C)O. The lowest BCUT2D eigenvalue weighted by Crippen LogP contribution is -2.22. The molecule has 0 atom stereocenters. The molecular weight excluding hydrogens is 140 g/mol. The van der Waals surface area contributed by atoms with Crippen LogP contribution in [0.4, 0.5) is 0 Å². The van der Waals surface area contributed by atoms with Crippen LogP contribution in [0.15, 0.2) is 0 Å². The highest BCUT2D eigenvalue weighted by Crippen LogP contribution is 1.94. The van der Waals surface area contributed by atoms with Gasteiger partial charge in [-0.15, -0.1) is 5.92 Å². The molecule has 0 unspecified atom stereocenters. The molecule has 0 aromatic rings. The molecule has 58 valence electrons.